The molecule has 0 saturated carbocycles. The van der Waals surface area contributed by atoms with Gasteiger partial charge in [0, 0.05) is 25.2 Å². The lowest BCUT2D eigenvalue weighted by Gasteiger charge is -2.28. The maximum atomic E-state index is 12.7. The van der Waals surface area contributed by atoms with E-state index in [9.17, 15) is 4.79 Å². The Bertz CT molecular complexity index is 459. The van der Waals surface area contributed by atoms with E-state index < -0.39 is 0 Å². The number of fused-ring (bicyclic) bond motifs is 2. The molecule has 3 unspecified atom stereocenters. The predicted octanol–water partition coefficient (Wildman–Crippen LogP) is 2.22. The van der Waals surface area contributed by atoms with Crippen molar-refractivity contribution in [1.29, 1.82) is 0 Å². The van der Waals surface area contributed by atoms with Crippen LogP contribution in [-0.4, -0.2) is 36.0 Å². The summed E-state index contributed by atoms with van der Waals surface area (Å²) in [6.45, 7) is 3.75. The van der Waals surface area contributed by atoms with Gasteiger partial charge in [0.1, 0.15) is 0 Å². The summed E-state index contributed by atoms with van der Waals surface area (Å²) in [6, 6.07) is 11.5. The number of nitrogens with one attached hydrogen (secondary N) is 1. The largest absolute Gasteiger partial charge is 0.342 e. The minimum absolute atomic E-state index is 0.226. The molecule has 0 aromatic heterocycles. The minimum atomic E-state index is 0.226. The highest BCUT2D eigenvalue weighted by atomic mass is 16.2. The molecule has 2 heterocycles. The third-order valence-corrected chi connectivity index (χ3v) is 4.82. The Labute approximate surface area is 121 Å². The lowest BCUT2D eigenvalue weighted by Crippen LogP contribution is -2.41. The van der Waals surface area contributed by atoms with Gasteiger partial charge in [-0.05, 0) is 38.2 Å². The van der Waals surface area contributed by atoms with Gasteiger partial charge in [0.05, 0.1) is 5.92 Å². The van der Waals surface area contributed by atoms with E-state index >= 15 is 0 Å². The van der Waals surface area contributed by atoms with E-state index in [0.29, 0.717) is 18.0 Å². The fourth-order valence-electron chi connectivity index (χ4n) is 3.66. The van der Waals surface area contributed by atoms with E-state index in [1.54, 1.807) is 0 Å². The Balaban J connectivity index is 1.57. The quantitative estimate of drug-likeness (QED) is 0.891. The molecule has 3 atom stereocenters. The van der Waals surface area contributed by atoms with Crippen molar-refractivity contribution in [2.45, 2.75) is 44.7 Å². The molecule has 2 saturated heterocycles. The lowest BCUT2D eigenvalue weighted by molar-refractivity contribution is -0.135. The maximum Gasteiger partial charge on any atom is 0.227 e. The van der Waals surface area contributed by atoms with Crippen LogP contribution in [0.2, 0.25) is 0 Å². The second-order valence-corrected chi connectivity index (χ2v) is 6.04. The number of nitrogens with zero attached hydrogens (tertiary/aromatic N) is 1. The number of rotatable bonds is 5. The Kier molecular flexibility index (Phi) is 4.06. The zero-order chi connectivity index (χ0) is 13.9. The topological polar surface area (TPSA) is 32.3 Å². The molecule has 2 fully saturated rings. The molecule has 2 aliphatic rings. The Morgan fingerprint density at radius 2 is 2.10 bits per heavy atom. The van der Waals surface area contributed by atoms with Gasteiger partial charge in [-0.15, -0.1) is 0 Å². The van der Waals surface area contributed by atoms with Crippen molar-refractivity contribution in [2.24, 2.45) is 5.92 Å². The van der Waals surface area contributed by atoms with Gasteiger partial charge >= 0.3 is 0 Å². The van der Waals surface area contributed by atoms with Crippen LogP contribution in [0.3, 0.4) is 0 Å². The molecule has 0 aliphatic carbocycles. The van der Waals surface area contributed by atoms with E-state index in [1.807, 2.05) is 11.0 Å². The Hall–Kier alpha value is -1.35. The molecular weight excluding hydrogens is 248 g/mol. The average Bonchev–Trinajstić information content (AvgIpc) is 3.11. The molecular formula is C17H24N2O. The van der Waals surface area contributed by atoms with Crippen LogP contribution in [0.5, 0.6) is 0 Å². The number of hydrogen-bond donors (Lipinski definition) is 1. The number of benzene rings is 1. The summed E-state index contributed by atoms with van der Waals surface area (Å²) in [5.41, 5.74) is 1.31. The molecule has 1 aromatic carbocycles. The van der Waals surface area contributed by atoms with Gasteiger partial charge in [-0.3, -0.25) is 4.79 Å². The van der Waals surface area contributed by atoms with Gasteiger partial charge < -0.3 is 10.2 Å². The maximum absolute atomic E-state index is 12.7. The summed E-state index contributed by atoms with van der Waals surface area (Å²) >= 11 is 0. The molecule has 108 valence electrons. The van der Waals surface area contributed by atoms with Crippen molar-refractivity contribution in [3.63, 3.8) is 0 Å². The van der Waals surface area contributed by atoms with Gasteiger partial charge in [-0.1, -0.05) is 30.3 Å². The Morgan fingerprint density at radius 3 is 2.70 bits per heavy atom. The van der Waals surface area contributed by atoms with E-state index in [0.717, 1.165) is 25.9 Å². The van der Waals surface area contributed by atoms with Crippen LogP contribution in [0.4, 0.5) is 0 Å². The first-order chi connectivity index (χ1) is 9.78. The summed E-state index contributed by atoms with van der Waals surface area (Å²) in [5, 5.41) is 3.56. The average molecular weight is 272 g/mol. The summed E-state index contributed by atoms with van der Waals surface area (Å²) in [6.07, 6.45) is 4.43. The van der Waals surface area contributed by atoms with E-state index in [-0.39, 0.29) is 5.92 Å². The van der Waals surface area contributed by atoms with Crippen LogP contribution >= 0.6 is 0 Å². The van der Waals surface area contributed by atoms with Crippen molar-refractivity contribution >= 4 is 5.91 Å². The number of amides is 1. The molecule has 3 rings (SSSR count). The van der Waals surface area contributed by atoms with E-state index in [2.05, 4.69) is 36.5 Å². The van der Waals surface area contributed by atoms with Gasteiger partial charge in [0.25, 0.3) is 0 Å². The summed E-state index contributed by atoms with van der Waals surface area (Å²) < 4.78 is 0. The van der Waals surface area contributed by atoms with Crippen molar-refractivity contribution in [2.75, 3.05) is 13.1 Å². The van der Waals surface area contributed by atoms with Gasteiger partial charge in [-0.2, -0.15) is 0 Å². The van der Waals surface area contributed by atoms with Gasteiger partial charge in [-0.25, -0.2) is 0 Å². The summed E-state index contributed by atoms with van der Waals surface area (Å²) in [5.74, 6) is 0.590. The number of carbonyl (C=O) groups is 1. The number of carbonyl (C=O) groups excluding carboxylic acids is 1. The van der Waals surface area contributed by atoms with Crippen molar-refractivity contribution in [1.82, 2.24) is 10.2 Å². The van der Waals surface area contributed by atoms with Crippen molar-refractivity contribution in [3.8, 4) is 0 Å². The van der Waals surface area contributed by atoms with Crippen molar-refractivity contribution in [3.05, 3.63) is 35.9 Å². The zero-order valence-electron chi connectivity index (χ0n) is 12.2. The predicted molar refractivity (Wildman–Crippen MR) is 80.5 cm³/mol. The minimum Gasteiger partial charge on any atom is -0.342 e. The first-order valence-corrected chi connectivity index (χ1v) is 7.86. The second kappa shape index (κ2) is 5.96. The third kappa shape index (κ3) is 2.73. The van der Waals surface area contributed by atoms with Crippen LogP contribution in [0.1, 0.15) is 31.7 Å². The molecule has 2 aliphatic heterocycles. The third-order valence-electron chi connectivity index (χ3n) is 4.82. The lowest BCUT2D eigenvalue weighted by atomic mass is 9.88. The van der Waals surface area contributed by atoms with Gasteiger partial charge in [0.2, 0.25) is 5.91 Å². The first-order valence-electron chi connectivity index (χ1n) is 7.86. The highest BCUT2D eigenvalue weighted by Gasteiger charge is 2.43. The monoisotopic (exact) mass is 272 g/mol. The smallest absolute Gasteiger partial charge is 0.227 e. The van der Waals surface area contributed by atoms with Crippen LogP contribution in [0, 0.1) is 5.92 Å². The van der Waals surface area contributed by atoms with E-state index in [4.69, 9.17) is 0 Å². The molecule has 3 nitrogen and oxygen atoms in total. The van der Waals surface area contributed by atoms with Gasteiger partial charge in [0.15, 0.2) is 0 Å². The molecule has 0 radical (unpaired) electrons. The standard InChI is InChI=1S/C17H24N2O/c1-2-19(11-10-13-6-4-3-5-7-13)17(20)15-12-14-8-9-16(15)18-14/h3-7,14-16,18H,2,8-12H2,1H3. The van der Waals surface area contributed by atoms with Crippen LogP contribution in [0.15, 0.2) is 30.3 Å². The normalized spacial score (nSPS) is 27.8. The number of likely N-dealkylation sites (N-methyl/N-ethyl adjacent to an activating group) is 1. The van der Waals surface area contributed by atoms with Crippen molar-refractivity contribution < 1.29 is 4.79 Å². The molecule has 1 amide bonds. The number of hydrogen-bond acceptors (Lipinski definition) is 2. The van der Waals surface area contributed by atoms with Crippen LogP contribution in [-0.2, 0) is 11.2 Å². The second-order valence-electron chi connectivity index (χ2n) is 6.04. The van der Waals surface area contributed by atoms with E-state index in [1.165, 1.54) is 18.4 Å². The SMILES string of the molecule is CCN(CCc1ccccc1)C(=O)C1CC2CCC1N2. The highest BCUT2D eigenvalue weighted by Crippen LogP contribution is 2.34. The summed E-state index contributed by atoms with van der Waals surface area (Å²) in [4.78, 5) is 14.7. The zero-order valence-corrected chi connectivity index (χ0v) is 12.2. The summed E-state index contributed by atoms with van der Waals surface area (Å²) in [7, 11) is 0. The Morgan fingerprint density at radius 1 is 1.30 bits per heavy atom. The molecule has 0 spiro atoms. The molecule has 1 aromatic rings. The fourth-order valence-corrected chi connectivity index (χ4v) is 3.66. The molecule has 2 bridgehead atoms. The molecule has 3 heteroatoms. The van der Waals surface area contributed by atoms with Crippen LogP contribution < -0.4 is 5.32 Å². The first kappa shape index (κ1) is 13.6. The molecule has 20 heavy (non-hydrogen) atoms. The fraction of sp³-hybridized carbons (Fsp3) is 0.588. The molecule has 1 N–H and O–H groups in total. The highest BCUT2D eigenvalue weighted by molar-refractivity contribution is 5.80. The van der Waals surface area contributed by atoms with Crippen LogP contribution in [0.25, 0.3) is 0 Å².